The molecule has 0 fully saturated rings. The van der Waals surface area contributed by atoms with Gasteiger partial charge in [0, 0.05) is 47.6 Å². The molecule has 0 aromatic carbocycles. The second-order valence-corrected chi connectivity index (χ2v) is 3.22. The molecule has 0 unspecified atom stereocenters. The van der Waals surface area contributed by atoms with Gasteiger partial charge in [-0.15, -0.1) is 0 Å². The van der Waals surface area contributed by atoms with Crippen LogP contribution in [0.4, 0.5) is 5.69 Å². The Morgan fingerprint density at radius 2 is 1.69 bits per heavy atom. The fourth-order valence-electron chi connectivity index (χ4n) is 1.26. The van der Waals surface area contributed by atoms with Gasteiger partial charge in [-0.3, -0.25) is 9.97 Å². The molecule has 0 aliphatic carbocycles. The average molecular weight is 212 g/mol. The molecule has 0 radical (unpaired) electrons. The smallest absolute Gasteiger partial charge is 0.0484 e. The number of hydrogen-bond donors (Lipinski definition) is 2. The Morgan fingerprint density at radius 3 is 2.31 bits per heavy atom. The normalized spacial score (nSPS) is 9.50. The number of nitrogen functional groups attached to an aromatic ring is 1. The Morgan fingerprint density at radius 1 is 0.938 bits per heavy atom. The molecule has 3 aromatic rings. The number of pyridine rings is 2. The monoisotopic (exact) mass is 212 g/mol. The van der Waals surface area contributed by atoms with E-state index in [9.17, 15) is 0 Å². The van der Waals surface area contributed by atoms with Crippen molar-refractivity contribution in [3.63, 3.8) is 0 Å². The van der Waals surface area contributed by atoms with Gasteiger partial charge in [-0.2, -0.15) is 0 Å². The molecule has 0 aliphatic heterocycles. The van der Waals surface area contributed by atoms with E-state index >= 15 is 0 Å². The van der Waals surface area contributed by atoms with E-state index in [-0.39, 0.29) is 0 Å². The first-order valence-electron chi connectivity index (χ1n) is 4.89. The molecule has 3 N–H and O–H groups in total. The molecular weight excluding hydrogens is 200 g/mol. The number of hydrogen-bond acceptors (Lipinski definition) is 3. The molecule has 16 heavy (non-hydrogen) atoms. The Labute approximate surface area is 93.2 Å². The second-order valence-electron chi connectivity index (χ2n) is 3.22. The minimum atomic E-state index is 0.759. The zero-order valence-corrected chi connectivity index (χ0v) is 8.67. The van der Waals surface area contributed by atoms with Crippen LogP contribution in [0.15, 0.2) is 55.2 Å². The zero-order chi connectivity index (χ0) is 11.2. The average Bonchev–Trinajstić information content (AvgIpc) is 2.79. The molecule has 0 amide bonds. The Bertz CT molecular complexity index is 515. The van der Waals surface area contributed by atoms with Crippen molar-refractivity contribution in [1.29, 1.82) is 0 Å². The van der Waals surface area contributed by atoms with E-state index in [1.807, 2.05) is 24.5 Å². The summed E-state index contributed by atoms with van der Waals surface area (Å²) >= 11 is 0. The highest BCUT2D eigenvalue weighted by molar-refractivity contribution is 5.77. The van der Waals surface area contributed by atoms with Gasteiger partial charge >= 0.3 is 0 Å². The van der Waals surface area contributed by atoms with Crippen molar-refractivity contribution in [3.05, 3.63) is 55.2 Å². The van der Waals surface area contributed by atoms with Crippen molar-refractivity contribution in [2.24, 2.45) is 0 Å². The minimum absolute atomic E-state index is 0.759. The van der Waals surface area contributed by atoms with Crippen LogP contribution < -0.4 is 5.73 Å². The predicted molar refractivity (Wildman–Crippen MR) is 64.7 cm³/mol. The fourth-order valence-corrected chi connectivity index (χ4v) is 1.26. The lowest BCUT2D eigenvalue weighted by atomic mass is 10.3. The lowest BCUT2D eigenvalue weighted by molar-refractivity contribution is 1.33. The third-order valence-corrected chi connectivity index (χ3v) is 2.06. The number of fused-ring (bicyclic) bond motifs is 1. The number of rotatable bonds is 0. The summed E-state index contributed by atoms with van der Waals surface area (Å²) in [6.07, 6.45) is 8.85. The number of H-pyrrole nitrogens is 1. The molecule has 0 saturated heterocycles. The number of anilines is 1. The number of aromatic amines is 1. The van der Waals surface area contributed by atoms with Gasteiger partial charge in [0.1, 0.15) is 0 Å². The van der Waals surface area contributed by atoms with E-state index in [1.54, 1.807) is 30.7 Å². The minimum Gasteiger partial charge on any atom is -0.399 e. The molecule has 80 valence electrons. The number of aromatic nitrogens is 3. The van der Waals surface area contributed by atoms with Crippen molar-refractivity contribution >= 4 is 16.6 Å². The summed E-state index contributed by atoms with van der Waals surface area (Å²) in [7, 11) is 0. The highest BCUT2D eigenvalue weighted by atomic mass is 14.7. The molecule has 0 saturated carbocycles. The van der Waals surface area contributed by atoms with Crippen molar-refractivity contribution in [3.8, 4) is 0 Å². The van der Waals surface area contributed by atoms with Crippen LogP contribution in [0.25, 0.3) is 10.9 Å². The topological polar surface area (TPSA) is 67.6 Å². The molecule has 4 nitrogen and oxygen atoms in total. The third kappa shape index (κ3) is 2.57. The molecular formula is C12H12N4. The molecule has 3 rings (SSSR count). The summed E-state index contributed by atoms with van der Waals surface area (Å²) in [6, 6.07) is 7.46. The predicted octanol–water partition coefficient (Wildman–Crippen LogP) is 2.23. The maximum absolute atomic E-state index is 5.32. The highest BCUT2D eigenvalue weighted by Crippen LogP contribution is 2.07. The molecule has 0 aliphatic rings. The lowest BCUT2D eigenvalue weighted by Crippen LogP contribution is -1.81. The molecule has 0 atom stereocenters. The third-order valence-electron chi connectivity index (χ3n) is 2.06. The first-order chi connectivity index (χ1) is 7.86. The van der Waals surface area contributed by atoms with Crippen molar-refractivity contribution in [2.75, 3.05) is 5.73 Å². The standard InChI is InChI=1S/C7H6N2.C5H6N2/c1-4-9-7-2-3-8-5-6(1)7;6-5-1-3-7-4-2-5/h1-5,9H;1-4H,(H2,6,7). The summed E-state index contributed by atoms with van der Waals surface area (Å²) in [5, 5.41) is 1.16. The molecule has 0 spiro atoms. The number of nitrogens with one attached hydrogen (secondary N) is 1. The van der Waals surface area contributed by atoms with Crippen LogP contribution in [-0.2, 0) is 0 Å². The second kappa shape index (κ2) is 4.93. The molecule has 4 heteroatoms. The summed E-state index contributed by atoms with van der Waals surface area (Å²) in [5.41, 5.74) is 7.22. The van der Waals surface area contributed by atoms with Crippen LogP contribution >= 0.6 is 0 Å². The molecule has 3 aromatic heterocycles. The Balaban J connectivity index is 0.000000125. The van der Waals surface area contributed by atoms with Gasteiger partial charge in [-0.05, 0) is 24.3 Å². The maximum atomic E-state index is 5.32. The lowest BCUT2D eigenvalue weighted by Gasteiger charge is -1.83. The van der Waals surface area contributed by atoms with Crippen LogP contribution in [0.2, 0.25) is 0 Å². The van der Waals surface area contributed by atoms with Gasteiger partial charge in [0.2, 0.25) is 0 Å². The summed E-state index contributed by atoms with van der Waals surface area (Å²) in [5.74, 6) is 0. The summed E-state index contributed by atoms with van der Waals surface area (Å²) in [4.78, 5) is 10.8. The van der Waals surface area contributed by atoms with Crippen LogP contribution in [-0.4, -0.2) is 15.0 Å². The number of nitrogens with two attached hydrogens (primary N) is 1. The van der Waals surface area contributed by atoms with E-state index in [0.717, 1.165) is 16.6 Å². The van der Waals surface area contributed by atoms with Gasteiger partial charge in [-0.1, -0.05) is 0 Å². The first kappa shape index (κ1) is 10.2. The molecule has 3 heterocycles. The van der Waals surface area contributed by atoms with E-state index in [1.165, 1.54) is 0 Å². The quantitative estimate of drug-likeness (QED) is 0.600. The van der Waals surface area contributed by atoms with Gasteiger partial charge in [0.05, 0.1) is 0 Å². The Hall–Kier alpha value is -2.36. The van der Waals surface area contributed by atoms with Gasteiger partial charge in [-0.25, -0.2) is 0 Å². The number of nitrogens with zero attached hydrogens (tertiary/aromatic N) is 2. The Kier molecular flexibility index (Phi) is 3.13. The maximum Gasteiger partial charge on any atom is 0.0484 e. The van der Waals surface area contributed by atoms with Crippen molar-refractivity contribution < 1.29 is 0 Å². The van der Waals surface area contributed by atoms with E-state index < -0.39 is 0 Å². The van der Waals surface area contributed by atoms with E-state index in [4.69, 9.17) is 5.73 Å². The van der Waals surface area contributed by atoms with Crippen LogP contribution in [0.3, 0.4) is 0 Å². The van der Waals surface area contributed by atoms with Gasteiger partial charge in [0.25, 0.3) is 0 Å². The van der Waals surface area contributed by atoms with Crippen LogP contribution in [0.5, 0.6) is 0 Å². The fraction of sp³-hybridized carbons (Fsp3) is 0. The first-order valence-corrected chi connectivity index (χ1v) is 4.89. The van der Waals surface area contributed by atoms with E-state index in [0.29, 0.717) is 0 Å². The van der Waals surface area contributed by atoms with Gasteiger partial charge in [0.15, 0.2) is 0 Å². The van der Waals surface area contributed by atoms with E-state index in [2.05, 4.69) is 15.0 Å². The molecule has 0 bridgehead atoms. The van der Waals surface area contributed by atoms with Crippen molar-refractivity contribution in [1.82, 2.24) is 15.0 Å². The van der Waals surface area contributed by atoms with Crippen LogP contribution in [0, 0.1) is 0 Å². The summed E-state index contributed by atoms with van der Waals surface area (Å²) < 4.78 is 0. The zero-order valence-electron chi connectivity index (χ0n) is 8.67. The van der Waals surface area contributed by atoms with Crippen LogP contribution in [0.1, 0.15) is 0 Å². The van der Waals surface area contributed by atoms with Crippen molar-refractivity contribution in [2.45, 2.75) is 0 Å². The van der Waals surface area contributed by atoms with Gasteiger partial charge < -0.3 is 10.7 Å². The summed E-state index contributed by atoms with van der Waals surface area (Å²) in [6.45, 7) is 0. The highest BCUT2D eigenvalue weighted by Gasteiger charge is 1.87. The SMILES string of the molecule is Nc1ccncc1.c1cc2[nH]ccc2cn1. The largest absolute Gasteiger partial charge is 0.399 e.